The lowest BCUT2D eigenvalue weighted by Gasteiger charge is -2.08. The molecular weight excluding hydrogens is 286 g/mol. The molecule has 0 saturated heterocycles. The summed E-state index contributed by atoms with van der Waals surface area (Å²) in [5.41, 5.74) is 0.564. The third-order valence-electron chi connectivity index (χ3n) is 3.15. The van der Waals surface area contributed by atoms with Gasteiger partial charge in [-0.3, -0.25) is 4.79 Å². The number of unbranched alkanes of at least 4 members (excludes halogenated alkanes) is 2. The first-order valence-corrected chi connectivity index (χ1v) is 8.98. The molecule has 118 valence electrons. The predicted molar refractivity (Wildman–Crippen MR) is 84.9 cm³/mol. The van der Waals surface area contributed by atoms with E-state index in [4.69, 9.17) is 0 Å². The maximum Gasteiger partial charge on any atom is 0.240 e. The van der Waals surface area contributed by atoms with Crippen LogP contribution in [0, 0.1) is 5.92 Å². The van der Waals surface area contributed by atoms with Gasteiger partial charge in [-0.05, 0) is 24.5 Å². The van der Waals surface area contributed by atoms with E-state index in [1.807, 2.05) is 13.8 Å². The van der Waals surface area contributed by atoms with Gasteiger partial charge in [0.2, 0.25) is 10.0 Å². The SMILES string of the molecule is CCCCCNS(=O)(=O)c1ccc(C(=O)CC(C)C)cc1. The van der Waals surface area contributed by atoms with E-state index in [1.165, 1.54) is 12.1 Å². The molecule has 0 spiro atoms. The summed E-state index contributed by atoms with van der Waals surface area (Å²) < 4.78 is 26.7. The number of benzene rings is 1. The number of hydrogen-bond acceptors (Lipinski definition) is 3. The van der Waals surface area contributed by atoms with Gasteiger partial charge in [0.25, 0.3) is 0 Å². The molecule has 0 fully saturated rings. The first-order valence-electron chi connectivity index (χ1n) is 7.49. The summed E-state index contributed by atoms with van der Waals surface area (Å²) in [6, 6.07) is 6.17. The molecule has 0 aliphatic carbocycles. The Labute approximate surface area is 128 Å². The Morgan fingerprint density at radius 3 is 2.29 bits per heavy atom. The third kappa shape index (κ3) is 5.98. The van der Waals surface area contributed by atoms with Gasteiger partial charge in [0.1, 0.15) is 0 Å². The lowest BCUT2D eigenvalue weighted by atomic mass is 10.0. The number of sulfonamides is 1. The number of carbonyl (C=O) groups is 1. The minimum atomic E-state index is -3.47. The van der Waals surface area contributed by atoms with Gasteiger partial charge in [0.05, 0.1) is 4.90 Å². The molecule has 0 saturated carbocycles. The zero-order valence-corrected chi connectivity index (χ0v) is 13.9. The maximum atomic E-state index is 12.1. The topological polar surface area (TPSA) is 63.2 Å². The van der Waals surface area contributed by atoms with Crippen LogP contribution in [0.2, 0.25) is 0 Å². The fourth-order valence-corrected chi connectivity index (χ4v) is 3.05. The minimum absolute atomic E-state index is 0.0462. The first-order chi connectivity index (χ1) is 9.86. The van der Waals surface area contributed by atoms with Gasteiger partial charge in [-0.2, -0.15) is 0 Å². The van der Waals surface area contributed by atoms with E-state index in [0.29, 0.717) is 24.4 Å². The lowest BCUT2D eigenvalue weighted by Crippen LogP contribution is -2.24. The quantitative estimate of drug-likeness (QED) is 0.561. The monoisotopic (exact) mass is 311 g/mol. The smallest absolute Gasteiger partial charge is 0.240 e. The normalized spacial score (nSPS) is 11.8. The van der Waals surface area contributed by atoms with E-state index in [9.17, 15) is 13.2 Å². The molecule has 0 atom stereocenters. The molecule has 0 heterocycles. The van der Waals surface area contributed by atoms with E-state index >= 15 is 0 Å². The number of carbonyl (C=O) groups excluding carboxylic acids is 1. The van der Waals surface area contributed by atoms with Gasteiger partial charge in [-0.1, -0.05) is 45.7 Å². The van der Waals surface area contributed by atoms with Crippen LogP contribution in [0.3, 0.4) is 0 Å². The van der Waals surface area contributed by atoms with Crippen molar-refractivity contribution in [3.05, 3.63) is 29.8 Å². The average molecular weight is 311 g/mol. The molecule has 1 aromatic rings. The van der Waals surface area contributed by atoms with E-state index < -0.39 is 10.0 Å². The fraction of sp³-hybridized carbons (Fsp3) is 0.562. The molecule has 1 N–H and O–H groups in total. The summed E-state index contributed by atoms with van der Waals surface area (Å²) in [6.45, 7) is 6.49. The second-order valence-corrected chi connectivity index (χ2v) is 7.42. The van der Waals surface area contributed by atoms with E-state index in [0.717, 1.165) is 19.3 Å². The van der Waals surface area contributed by atoms with E-state index in [-0.39, 0.29) is 10.7 Å². The highest BCUT2D eigenvalue weighted by molar-refractivity contribution is 7.89. The molecule has 1 aromatic carbocycles. The van der Waals surface area contributed by atoms with Crippen molar-refractivity contribution in [1.29, 1.82) is 0 Å². The Kier molecular flexibility index (Phi) is 7.05. The van der Waals surface area contributed by atoms with Gasteiger partial charge in [0, 0.05) is 18.5 Å². The fourth-order valence-electron chi connectivity index (χ4n) is 1.97. The van der Waals surface area contributed by atoms with Crippen molar-refractivity contribution >= 4 is 15.8 Å². The van der Waals surface area contributed by atoms with Crippen LogP contribution in [-0.2, 0) is 10.0 Å². The van der Waals surface area contributed by atoms with Gasteiger partial charge in [-0.25, -0.2) is 13.1 Å². The van der Waals surface area contributed by atoms with E-state index in [1.54, 1.807) is 12.1 Å². The van der Waals surface area contributed by atoms with Crippen LogP contribution in [0.5, 0.6) is 0 Å². The highest BCUT2D eigenvalue weighted by Gasteiger charge is 2.14. The first kappa shape index (κ1) is 17.9. The zero-order chi connectivity index (χ0) is 15.9. The molecule has 1 rings (SSSR count). The number of ketones is 1. The van der Waals surface area contributed by atoms with Crippen molar-refractivity contribution in [3.63, 3.8) is 0 Å². The molecule has 0 bridgehead atoms. The minimum Gasteiger partial charge on any atom is -0.294 e. The summed E-state index contributed by atoms with van der Waals surface area (Å²) in [7, 11) is -3.47. The highest BCUT2D eigenvalue weighted by Crippen LogP contribution is 2.14. The van der Waals surface area contributed by atoms with Crippen molar-refractivity contribution in [1.82, 2.24) is 4.72 Å². The average Bonchev–Trinajstić information content (AvgIpc) is 2.43. The van der Waals surface area contributed by atoms with Crippen LogP contribution in [0.25, 0.3) is 0 Å². The Hall–Kier alpha value is -1.20. The molecule has 4 nitrogen and oxygen atoms in total. The van der Waals surface area contributed by atoms with Gasteiger partial charge < -0.3 is 0 Å². The summed E-state index contributed by atoms with van der Waals surface area (Å²) in [5, 5.41) is 0. The van der Waals surface area contributed by atoms with E-state index in [2.05, 4.69) is 11.6 Å². The number of Topliss-reactive ketones (excluding diaryl/α,β-unsaturated/α-hetero) is 1. The molecule has 0 aromatic heterocycles. The highest BCUT2D eigenvalue weighted by atomic mass is 32.2. The molecule has 5 heteroatoms. The maximum absolute atomic E-state index is 12.1. The molecule has 0 aliphatic heterocycles. The van der Waals surface area contributed by atoms with Gasteiger partial charge in [-0.15, -0.1) is 0 Å². The summed E-state index contributed by atoms with van der Waals surface area (Å²) in [4.78, 5) is 12.1. The second kappa shape index (κ2) is 8.29. The molecule has 0 radical (unpaired) electrons. The van der Waals surface area contributed by atoms with Gasteiger partial charge >= 0.3 is 0 Å². The van der Waals surface area contributed by atoms with Crippen molar-refractivity contribution in [2.24, 2.45) is 5.92 Å². The van der Waals surface area contributed by atoms with Crippen molar-refractivity contribution < 1.29 is 13.2 Å². The predicted octanol–water partition coefficient (Wildman–Crippen LogP) is 3.38. The Bertz CT molecular complexity index is 547. The summed E-state index contributed by atoms with van der Waals surface area (Å²) >= 11 is 0. The summed E-state index contributed by atoms with van der Waals surface area (Å²) in [5.74, 6) is 0.339. The van der Waals surface area contributed by atoms with Crippen molar-refractivity contribution in [3.8, 4) is 0 Å². The van der Waals surface area contributed by atoms with Crippen LogP contribution in [0.15, 0.2) is 29.2 Å². The Morgan fingerprint density at radius 2 is 1.76 bits per heavy atom. The summed E-state index contributed by atoms with van der Waals surface area (Å²) in [6.07, 6.45) is 3.36. The van der Waals surface area contributed by atoms with Crippen LogP contribution < -0.4 is 4.72 Å². The standard InChI is InChI=1S/C16H25NO3S/c1-4-5-6-11-17-21(19,20)15-9-7-14(8-10-15)16(18)12-13(2)3/h7-10,13,17H,4-6,11-12H2,1-3H3. The molecule has 0 amide bonds. The van der Waals surface area contributed by atoms with Crippen LogP contribution in [0.4, 0.5) is 0 Å². The molecular formula is C16H25NO3S. The Balaban J connectivity index is 2.70. The van der Waals surface area contributed by atoms with Crippen LogP contribution >= 0.6 is 0 Å². The number of nitrogens with one attached hydrogen (secondary N) is 1. The molecule has 21 heavy (non-hydrogen) atoms. The van der Waals surface area contributed by atoms with Crippen molar-refractivity contribution in [2.75, 3.05) is 6.54 Å². The third-order valence-corrected chi connectivity index (χ3v) is 4.63. The van der Waals surface area contributed by atoms with Gasteiger partial charge in [0.15, 0.2) is 5.78 Å². The zero-order valence-electron chi connectivity index (χ0n) is 13.1. The van der Waals surface area contributed by atoms with Crippen molar-refractivity contribution in [2.45, 2.75) is 51.3 Å². The Morgan fingerprint density at radius 1 is 1.14 bits per heavy atom. The number of hydrogen-bond donors (Lipinski definition) is 1. The number of rotatable bonds is 9. The second-order valence-electron chi connectivity index (χ2n) is 5.65. The molecule has 0 unspecified atom stereocenters. The van der Waals surface area contributed by atoms with Crippen LogP contribution in [0.1, 0.15) is 56.8 Å². The molecule has 0 aliphatic rings. The lowest BCUT2D eigenvalue weighted by molar-refractivity contribution is 0.0967. The largest absolute Gasteiger partial charge is 0.294 e. The van der Waals surface area contributed by atoms with Crippen LogP contribution in [-0.4, -0.2) is 20.7 Å².